The van der Waals surface area contributed by atoms with Crippen molar-refractivity contribution in [3.63, 3.8) is 0 Å². The molecule has 3 rings (SSSR count). The Bertz CT molecular complexity index is 913. The summed E-state index contributed by atoms with van der Waals surface area (Å²) < 4.78 is 16.3. The highest BCUT2D eigenvalue weighted by atomic mass is 31.2. The van der Waals surface area contributed by atoms with Gasteiger partial charge in [-0.3, -0.25) is 4.57 Å². The number of hydrogen-bond donors (Lipinski definition) is 3. The molecular weight excluding hydrogens is 329 g/mol. The van der Waals surface area contributed by atoms with Crippen LogP contribution in [0.1, 0.15) is 21.6 Å². The molecule has 0 aliphatic carbocycles. The van der Waals surface area contributed by atoms with Crippen LogP contribution in [-0.4, -0.2) is 20.7 Å². The van der Waals surface area contributed by atoms with E-state index in [1.54, 1.807) is 24.3 Å². The highest BCUT2D eigenvalue weighted by Gasteiger charge is 2.16. The second-order valence-electron chi connectivity index (χ2n) is 5.49. The van der Waals surface area contributed by atoms with Gasteiger partial charge in [0.25, 0.3) is 0 Å². The molecule has 0 atom stereocenters. The fraction of sp³-hybridized carbons (Fsp3) is 0.118. The Morgan fingerprint density at radius 1 is 1.04 bits per heavy atom. The quantitative estimate of drug-likeness (QED) is 0.487. The van der Waals surface area contributed by atoms with E-state index in [0.29, 0.717) is 22.2 Å². The third-order valence-corrected chi connectivity index (χ3v) is 4.28. The first-order chi connectivity index (χ1) is 11.4. The third-order valence-electron chi connectivity index (χ3n) is 3.51. The van der Waals surface area contributed by atoms with Crippen molar-refractivity contribution in [3.8, 4) is 0 Å². The average Bonchev–Trinajstić information content (AvgIpc) is 2.95. The minimum atomic E-state index is -4.12. The molecule has 24 heavy (non-hydrogen) atoms. The molecule has 6 nitrogen and oxygen atoms in total. The first-order valence-corrected chi connectivity index (χ1v) is 9.08. The molecule has 0 saturated carbocycles. The predicted octanol–water partition coefficient (Wildman–Crippen LogP) is 3.20. The van der Waals surface area contributed by atoms with Gasteiger partial charge in [0.05, 0.1) is 6.16 Å². The standard InChI is InChI=1S/C17H16NO5P/c19-17(23-10-12-4-2-1-3-5-12)16-9-14-8-13(11-24(20,21)22)6-7-15(14)18-16/h1-9,18H,10-11H2,(H2,20,21,22). The lowest BCUT2D eigenvalue weighted by Gasteiger charge is -2.03. The molecule has 124 valence electrons. The van der Waals surface area contributed by atoms with Crippen molar-refractivity contribution in [2.24, 2.45) is 0 Å². The smallest absolute Gasteiger partial charge is 0.355 e. The van der Waals surface area contributed by atoms with Crippen molar-refractivity contribution < 1.29 is 23.9 Å². The number of nitrogens with one attached hydrogen (secondary N) is 1. The summed E-state index contributed by atoms with van der Waals surface area (Å²) >= 11 is 0. The fourth-order valence-corrected chi connectivity index (χ4v) is 3.10. The summed E-state index contributed by atoms with van der Waals surface area (Å²) in [5.41, 5.74) is 2.41. The Hall–Kier alpha value is -2.40. The van der Waals surface area contributed by atoms with Crippen molar-refractivity contribution in [1.29, 1.82) is 0 Å². The number of aromatic nitrogens is 1. The van der Waals surface area contributed by atoms with E-state index in [9.17, 15) is 9.36 Å². The normalized spacial score (nSPS) is 11.6. The van der Waals surface area contributed by atoms with Crippen molar-refractivity contribution in [3.05, 3.63) is 71.4 Å². The molecule has 3 N–H and O–H groups in total. The second kappa shape index (κ2) is 6.61. The van der Waals surface area contributed by atoms with Gasteiger partial charge < -0.3 is 19.5 Å². The topological polar surface area (TPSA) is 99.6 Å². The van der Waals surface area contributed by atoms with Crippen LogP contribution >= 0.6 is 7.60 Å². The van der Waals surface area contributed by atoms with Gasteiger partial charge in [-0.05, 0) is 29.3 Å². The number of carbonyl (C=O) groups excluding carboxylic acids is 1. The molecular formula is C17H16NO5P. The average molecular weight is 345 g/mol. The van der Waals surface area contributed by atoms with Crippen LogP contribution in [0.4, 0.5) is 0 Å². The summed E-state index contributed by atoms with van der Waals surface area (Å²) in [6.45, 7) is 0.179. The predicted molar refractivity (Wildman–Crippen MR) is 89.6 cm³/mol. The molecule has 0 aliphatic heterocycles. The van der Waals surface area contributed by atoms with E-state index in [2.05, 4.69) is 4.98 Å². The van der Waals surface area contributed by atoms with Crippen LogP contribution in [-0.2, 0) is 22.1 Å². The molecule has 0 aliphatic rings. The molecule has 3 aromatic rings. The minimum Gasteiger partial charge on any atom is -0.456 e. The maximum atomic E-state index is 12.1. The number of rotatable bonds is 5. The summed E-state index contributed by atoms with van der Waals surface area (Å²) in [5.74, 6) is -0.480. The van der Waals surface area contributed by atoms with Gasteiger partial charge in [-0.2, -0.15) is 0 Å². The number of aromatic amines is 1. The largest absolute Gasteiger partial charge is 0.456 e. The Morgan fingerprint density at radius 3 is 2.50 bits per heavy atom. The zero-order valence-electron chi connectivity index (χ0n) is 12.7. The monoisotopic (exact) mass is 345 g/mol. The maximum Gasteiger partial charge on any atom is 0.355 e. The molecule has 0 saturated heterocycles. The molecule has 0 unspecified atom stereocenters. The van der Waals surface area contributed by atoms with E-state index in [-0.39, 0.29) is 12.8 Å². The number of esters is 1. The number of H-pyrrole nitrogens is 1. The SMILES string of the molecule is O=C(OCc1ccccc1)c1cc2cc(CP(=O)(O)O)ccc2[nH]1. The summed E-state index contributed by atoms with van der Waals surface area (Å²) in [4.78, 5) is 33.2. The first-order valence-electron chi connectivity index (χ1n) is 7.28. The molecule has 0 bridgehead atoms. The number of hydrogen-bond acceptors (Lipinski definition) is 3. The van der Waals surface area contributed by atoms with E-state index in [0.717, 1.165) is 5.56 Å². The number of benzene rings is 2. The third kappa shape index (κ3) is 4.11. The summed E-state index contributed by atoms with van der Waals surface area (Å²) in [6, 6.07) is 15.9. The van der Waals surface area contributed by atoms with Gasteiger partial charge in [-0.25, -0.2) is 4.79 Å². The fourth-order valence-electron chi connectivity index (χ4n) is 2.43. The zero-order chi connectivity index (χ0) is 17.2. The lowest BCUT2D eigenvalue weighted by Crippen LogP contribution is -2.05. The first kappa shape index (κ1) is 16.5. The van der Waals surface area contributed by atoms with Gasteiger partial charge in [-0.15, -0.1) is 0 Å². The van der Waals surface area contributed by atoms with Crippen LogP contribution in [0.3, 0.4) is 0 Å². The minimum absolute atomic E-state index is 0.179. The molecule has 0 radical (unpaired) electrons. The van der Waals surface area contributed by atoms with Crippen molar-refractivity contribution in [2.75, 3.05) is 0 Å². The second-order valence-corrected chi connectivity index (χ2v) is 7.13. The van der Waals surface area contributed by atoms with Gasteiger partial charge in [-0.1, -0.05) is 36.4 Å². The van der Waals surface area contributed by atoms with Crippen LogP contribution < -0.4 is 0 Å². The molecule has 0 fully saturated rings. The van der Waals surface area contributed by atoms with Gasteiger partial charge in [0.2, 0.25) is 0 Å². The van der Waals surface area contributed by atoms with E-state index >= 15 is 0 Å². The Morgan fingerprint density at radius 2 is 1.79 bits per heavy atom. The maximum absolute atomic E-state index is 12.1. The Balaban J connectivity index is 1.75. The number of carbonyl (C=O) groups is 1. The Labute approximate surface area is 138 Å². The van der Waals surface area contributed by atoms with Crippen molar-refractivity contribution in [1.82, 2.24) is 4.98 Å². The van der Waals surface area contributed by atoms with E-state index in [1.165, 1.54) is 0 Å². The lowest BCUT2D eigenvalue weighted by molar-refractivity contribution is 0.0467. The molecule has 1 aromatic heterocycles. The molecule has 2 aromatic carbocycles. The van der Waals surface area contributed by atoms with Crippen molar-refractivity contribution >= 4 is 24.5 Å². The summed E-state index contributed by atoms with van der Waals surface area (Å²) in [6.07, 6.45) is -0.331. The molecule has 7 heteroatoms. The number of ether oxygens (including phenoxy) is 1. The van der Waals surface area contributed by atoms with Gasteiger partial charge in [0, 0.05) is 10.9 Å². The highest BCUT2D eigenvalue weighted by molar-refractivity contribution is 7.50. The van der Waals surface area contributed by atoms with Gasteiger partial charge >= 0.3 is 13.6 Å². The number of fused-ring (bicyclic) bond motifs is 1. The van der Waals surface area contributed by atoms with E-state index in [4.69, 9.17) is 14.5 Å². The summed E-state index contributed by atoms with van der Waals surface area (Å²) in [7, 11) is -4.12. The van der Waals surface area contributed by atoms with Crippen LogP contribution in [0.5, 0.6) is 0 Å². The zero-order valence-corrected chi connectivity index (χ0v) is 13.6. The lowest BCUT2D eigenvalue weighted by atomic mass is 10.2. The molecule has 0 spiro atoms. The van der Waals surface area contributed by atoms with Crippen LogP contribution in [0.15, 0.2) is 54.6 Å². The highest BCUT2D eigenvalue weighted by Crippen LogP contribution is 2.39. The van der Waals surface area contributed by atoms with Crippen LogP contribution in [0, 0.1) is 0 Å². The molecule has 0 amide bonds. The van der Waals surface area contributed by atoms with Crippen LogP contribution in [0.2, 0.25) is 0 Å². The van der Waals surface area contributed by atoms with Crippen LogP contribution in [0.25, 0.3) is 10.9 Å². The summed E-state index contributed by atoms with van der Waals surface area (Å²) in [5, 5.41) is 0.701. The Kier molecular flexibility index (Phi) is 4.53. The van der Waals surface area contributed by atoms with Gasteiger partial charge in [0.15, 0.2) is 0 Å². The van der Waals surface area contributed by atoms with Crippen molar-refractivity contribution in [2.45, 2.75) is 12.8 Å². The van der Waals surface area contributed by atoms with Gasteiger partial charge in [0.1, 0.15) is 12.3 Å². The van der Waals surface area contributed by atoms with E-state index in [1.807, 2.05) is 30.3 Å². The molecule has 1 heterocycles. The van der Waals surface area contributed by atoms with E-state index < -0.39 is 13.6 Å².